The number of carboxylic acid groups (broad SMARTS) is 1. The first kappa shape index (κ1) is 22.6. The Bertz CT molecular complexity index is 951. The van der Waals surface area contributed by atoms with E-state index in [1.165, 1.54) is 6.07 Å². The lowest BCUT2D eigenvalue weighted by molar-refractivity contribution is -0.137. The van der Waals surface area contributed by atoms with Gasteiger partial charge in [0.25, 0.3) is 0 Å². The molecule has 1 saturated heterocycles. The number of aromatic nitrogens is 2. The van der Waals surface area contributed by atoms with E-state index in [9.17, 15) is 9.18 Å². The van der Waals surface area contributed by atoms with Crippen LogP contribution in [-0.2, 0) is 4.79 Å². The predicted octanol–water partition coefficient (Wildman–Crippen LogP) is 4.54. The fourth-order valence-electron chi connectivity index (χ4n) is 4.55. The van der Waals surface area contributed by atoms with Gasteiger partial charge in [-0.25, -0.2) is 14.4 Å². The zero-order valence-electron chi connectivity index (χ0n) is 18.0. The Morgan fingerprint density at radius 1 is 1.34 bits per heavy atom. The number of hydrogen-bond acceptors (Lipinski definition) is 6. The predicted molar refractivity (Wildman–Crippen MR) is 118 cm³/mol. The van der Waals surface area contributed by atoms with Crippen molar-refractivity contribution < 1.29 is 23.8 Å². The third-order valence-corrected chi connectivity index (χ3v) is 6.61. The molecule has 0 bridgehead atoms. The van der Waals surface area contributed by atoms with Crippen LogP contribution in [0.3, 0.4) is 0 Å². The number of piperidine rings is 1. The summed E-state index contributed by atoms with van der Waals surface area (Å²) in [4.78, 5) is 21.7. The summed E-state index contributed by atoms with van der Waals surface area (Å²) in [6, 6.07) is 2.99. The molecular formula is C23H27ClFN3O4. The Hall–Kier alpha value is -2.61. The van der Waals surface area contributed by atoms with Crippen molar-refractivity contribution in [1.82, 2.24) is 9.97 Å². The molecule has 0 saturated carbocycles. The summed E-state index contributed by atoms with van der Waals surface area (Å²) < 4.78 is 25.9. The first-order valence-electron chi connectivity index (χ1n) is 10.9. The van der Waals surface area contributed by atoms with Crippen LogP contribution in [0.15, 0.2) is 24.5 Å². The third-order valence-electron chi connectivity index (χ3n) is 6.41. The van der Waals surface area contributed by atoms with Gasteiger partial charge in [-0.05, 0) is 31.1 Å². The zero-order valence-corrected chi connectivity index (χ0v) is 18.7. The molecule has 7 nitrogen and oxygen atoms in total. The monoisotopic (exact) mass is 463 g/mol. The molecule has 2 aromatic rings. The highest BCUT2D eigenvalue weighted by Crippen LogP contribution is 2.40. The minimum absolute atomic E-state index is 0.148. The molecule has 0 amide bonds. The smallest absolute Gasteiger partial charge is 0.304 e. The molecule has 2 aliphatic heterocycles. The van der Waals surface area contributed by atoms with Crippen LogP contribution in [0, 0.1) is 17.7 Å². The maximum Gasteiger partial charge on any atom is 0.304 e. The van der Waals surface area contributed by atoms with E-state index < -0.39 is 17.7 Å². The highest BCUT2D eigenvalue weighted by atomic mass is 35.5. The van der Waals surface area contributed by atoms with Crippen molar-refractivity contribution >= 4 is 23.5 Å². The molecule has 0 aliphatic carbocycles. The zero-order chi connectivity index (χ0) is 22.7. The molecule has 172 valence electrons. The van der Waals surface area contributed by atoms with Gasteiger partial charge in [0.1, 0.15) is 17.3 Å². The van der Waals surface area contributed by atoms with E-state index in [0.29, 0.717) is 40.5 Å². The van der Waals surface area contributed by atoms with Crippen molar-refractivity contribution in [2.24, 2.45) is 11.8 Å². The van der Waals surface area contributed by atoms with Crippen molar-refractivity contribution in [3.8, 4) is 11.5 Å². The van der Waals surface area contributed by atoms with Crippen molar-refractivity contribution in [3.05, 3.63) is 40.9 Å². The molecule has 2 atom stereocenters. The number of ether oxygens (including phenoxy) is 2. The van der Waals surface area contributed by atoms with Crippen LogP contribution >= 0.6 is 11.6 Å². The maximum atomic E-state index is 14.6. The number of aliphatic carboxylic acids is 1. The highest BCUT2D eigenvalue weighted by Gasteiger charge is 2.31. The van der Waals surface area contributed by atoms with Gasteiger partial charge in [-0.3, -0.25) is 4.79 Å². The van der Waals surface area contributed by atoms with Crippen LogP contribution in [0.4, 0.5) is 10.3 Å². The average molecular weight is 464 g/mol. The number of rotatable bonds is 8. The van der Waals surface area contributed by atoms with E-state index >= 15 is 0 Å². The number of anilines is 1. The molecule has 9 heteroatoms. The first-order chi connectivity index (χ1) is 15.4. The van der Waals surface area contributed by atoms with Gasteiger partial charge in [-0.1, -0.05) is 18.5 Å². The fourth-order valence-corrected chi connectivity index (χ4v) is 4.65. The van der Waals surface area contributed by atoms with Gasteiger partial charge in [-0.2, -0.15) is 0 Å². The molecule has 1 aromatic carbocycles. The van der Waals surface area contributed by atoms with Crippen molar-refractivity contribution in [1.29, 1.82) is 0 Å². The van der Waals surface area contributed by atoms with Gasteiger partial charge in [0.05, 0.1) is 37.1 Å². The largest absolute Gasteiger partial charge is 0.493 e. The van der Waals surface area contributed by atoms with E-state index in [-0.39, 0.29) is 13.0 Å². The van der Waals surface area contributed by atoms with Crippen LogP contribution < -0.4 is 14.4 Å². The van der Waals surface area contributed by atoms with E-state index in [4.69, 9.17) is 26.2 Å². The van der Waals surface area contributed by atoms with Gasteiger partial charge in [0.2, 0.25) is 5.95 Å². The summed E-state index contributed by atoms with van der Waals surface area (Å²) >= 11 is 5.86. The lowest BCUT2D eigenvalue weighted by atomic mass is 9.84. The number of carboxylic acids is 1. The molecule has 0 radical (unpaired) electrons. The number of carbonyl (C=O) groups is 1. The lowest BCUT2D eigenvalue weighted by Gasteiger charge is -2.34. The Labute approximate surface area is 191 Å². The first-order valence-corrected chi connectivity index (χ1v) is 11.3. The van der Waals surface area contributed by atoms with E-state index in [2.05, 4.69) is 21.8 Å². The van der Waals surface area contributed by atoms with Gasteiger partial charge in [-0.15, -0.1) is 0 Å². The molecule has 1 aromatic heterocycles. The summed E-state index contributed by atoms with van der Waals surface area (Å²) in [6.07, 6.45) is 6.07. The number of nitrogens with zero attached hydrogens (tertiary/aromatic N) is 3. The second-order valence-electron chi connectivity index (χ2n) is 8.56. The molecule has 1 fully saturated rings. The summed E-state index contributed by atoms with van der Waals surface area (Å²) in [5.74, 6) is 0.682. The van der Waals surface area contributed by atoms with Crippen LogP contribution in [0.25, 0.3) is 0 Å². The van der Waals surface area contributed by atoms with Gasteiger partial charge < -0.3 is 19.5 Å². The molecule has 4 rings (SSSR count). The Morgan fingerprint density at radius 3 is 2.75 bits per heavy atom. The number of hydrogen-bond donors (Lipinski definition) is 1. The average Bonchev–Trinajstić information content (AvgIpc) is 3.17. The molecular weight excluding hydrogens is 437 g/mol. The summed E-state index contributed by atoms with van der Waals surface area (Å²) in [7, 11) is 0. The van der Waals surface area contributed by atoms with E-state index in [1.54, 1.807) is 18.5 Å². The lowest BCUT2D eigenvalue weighted by Crippen LogP contribution is -2.36. The number of fused-ring (bicyclic) bond motifs is 1. The van der Waals surface area contributed by atoms with E-state index in [0.717, 1.165) is 38.3 Å². The van der Waals surface area contributed by atoms with E-state index in [1.807, 2.05) is 0 Å². The molecule has 1 N–H and O–H groups in total. The second kappa shape index (κ2) is 9.90. The maximum absolute atomic E-state index is 14.6. The van der Waals surface area contributed by atoms with Gasteiger partial charge >= 0.3 is 5.97 Å². The van der Waals surface area contributed by atoms with Gasteiger partial charge in [0, 0.05) is 36.7 Å². The quantitative estimate of drug-likeness (QED) is 0.615. The van der Waals surface area contributed by atoms with Crippen LogP contribution in [0.5, 0.6) is 11.5 Å². The Balaban J connectivity index is 1.25. The fraction of sp³-hybridized carbons (Fsp3) is 0.522. The van der Waals surface area contributed by atoms with Crippen molar-refractivity contribution in [2.75, 3.05) is 31.2 Å². The number of benzene rings is 1. The summed E-state index contributed by atoms with van der Waals surface area (Å²) in [6.45, 7) is 4.70. The third kappa shape index (κ3) is 5.23. The summed E-state index contributed by atoms with van der Waals surface area (Å²) in [5, 5.41) is 9.52. The topological polar surface area (TPSA) is 84.8 Å². The SMILES string of the molecule is C[C@H](CCOc1cc(F)c2c(c1)OCC2CC(=O)O)C1CCN(c2ncc(Cl)cn2)CC1. The Morgan fingerprint density at radius 2 is 2.06 bits per heavy atom. The molecule has 32 heavy (non-hydrogen) atoms. The summed E-state index contributed by atoms with van der Waals surface area (Å²) in [5.41, 5.74) is 0.338. The minimum Gasteiger partial charge on any atom is -0.493 e. The highest BCUT2D eigenvalue weighted by molar-refractivity contribution is 6.30. The molecule has 3 heterocycles. The Kier molecular flexibility index (Phi) is 6.98. The van der Waals surface area contributed by atoms with Gasteiger partial charge in [0.15, 0.2) is 0 Å². The standard InChI is InChI=1S/C23H27ClFN3O4/c1-14(15-2-5-28(6-3-15)23-26-11-17(24)12-27-23)4-7-31-18-9-19(25)22-16(8-21(29)30)13-32-20(22)10-18/h9-12,14-16H,2-8,13H2,1H3,(H,29,30)/t14-,16?/m1/s1. The van der Waals surface area contributed by atoms with Crippen molar-refractivity contribution in [3.63, 3.8) is 0 Å². The minimum atomic E-state index is -0.966. The normalized spacial score (nSPS) is 19.3. The van der Waals surface area contributed by atoms with Crippen LogP contribution in [0.1, 0.15) is 44.1 Å². The van der Waals surface area contributed by atoms with Crippen LogP contribution in [0.2, 0.25) is 5.02 Å². The number of halogens is 2. The second-order valence-corrected chi connectivity index (χ2v) is 9.00. The van der Waals surface area contributed by atoms with Crippen molar-refractivity contribution in [2.45, 2.75) is 38.5 Å². The molecule has 0 spiro atoms. The molecule has 1 unspecified atom stereocenters. The van der Waals surface area contributed by atoms with Crippen LogP contribution in [-0.4, -0.2) is 47.3 Å². The molecule has 2 aliphatic rings.